The lowest BCUT2D eigenvalue weighted by atomic mass is 10.1. The van der Waals surface area contributed by atoms with Gasteiger partial charge in [-0.15, -0.1) is 0 Å². The summed E-state index contributed by atoms with van der Waals surface area (Å²) >= 11 is 0. The van der Waals surface area contributed by atoms with Gasteiger partial charge < -0.3 is 15.5 Å². The molecule has 3 rings (SSSR count). The van der Waals surface area contributed by atoms with Crippen molar-refractivity contribution in [2.45, 2.75) is 44.9 Å². The molecule has 2 fully saturated rings. The van der Waals surface area contributed by atoms with E-state index in [4.69, 9.17) is 4.98 Å². The largest absolute Gasteiger partial charge is 0.373 e. The van der Waals surface area contributed by atoms with Gasteiger partial charge in [0.2, 0.25) is 0 Å². The fourth-order valence-corrected chi connectivity index (χ4v) is 2.99. The molecule has 1 saturated heterocycles. The Morgan fingerprint density at radius 1 is 1.10 bits per heavy atom. The summed E-state index contributed by atoms with van der Waals surface area (Å²) in [6.07, 6.45) is 6.56. The lowest BCUT2D eigenvalue weighted by Gasteiger charge is -2.26. The van der Waals surface area contributed by atoms with Gasteiger partial charge in [-0.25, -0.2) is 9.97 Å². The number of anilines is 2. The summed E-state index contributed by atoms with van der Waals surface area (Å²) in [5.41, 5.74) is 1.13. The number of hydrogen-bond donors (Lipinski definition) is 2. The van der Waals surface area contributed by atoms with E-state index < -0.39 is 0 Å². The second-order valence-corrected chi connectivity index (χ2v) is 6.26. The van der Waals surface area contributed by atoms with Crippen molar-refractivity contribution in [3.05, 3.63) is 11.4 Å². The fraction of sp³-hybridized carbons (Fsp3) is 0.750. The summed E-state index contributed by atoms with van der Waals surface area (Å²) in [7, 11) is 1.93. The highest BCUT2D eigenvalue weighted by Gasteiger charge is 2.28. The molecule has 2 aliphatic rings. The zero-order valence-corrected chi connectivity index (χ0v) is 13.3. The van der Waals surface area contributed by atoms with Crippen LogP contribution in [0.4, 0.5) is 11.6 Å². The Kier molecular flexibility index (Phi) is 4.58. The second kappa shape index (κ2) is 6.60. The first-order valence-electron chi connectivity index (χ1n) is 8.30. The molecule has 0 atom stereocenters. The predicted octanol–water partition coefficient (Wildman–Crippen LogP) is 2.60. The molecule has 0 unspecified atom stereocenters. The molecular weight excluding hydrogens is 262 g/mol. The Balaban J connectivity index is 1.61. The predicted molar refractivity (Wildman–Crippen MR) is 87.1 cm³/mol. The van der Waals surface area contributed by atoms with E-state index in [-0.39, 0.29) is 0 Å². The van der Waals surface area contributed by atoms with E-state index in [9.17, 15) is 0 Å². The molecule has 1 aromatic heterocycles. The molecule has 1 saturated carbocycles. The van der Waals surface area contributed by atoms with Crippen LogP contribution < -0.4 is 10.6 Å². The highest BCUT2D eigenvalue weighted by Crippen LogP contribution is 2.39. The maximum absolute atomic E-state index is 4.74. The van der Waals surface area contributed by atoms with Crippen molar-refractivity contribution in [2.24, 2.45) is 0 Å². The van der Waals surface area contributed by atoms with Crippen molar-refractivity contribution in [1.82, 2.24) is 14.9 Å². The molecule has 116 valence electrons. The third kappa shape index (κ3) is 3.64. The minimum atomic E-state index is 0.584. The lowest BCUT2D eigenvalue weighted by molar-refractivity contribution is 0.237. The van der Waals surface area contributed by atoms with E-state index in [1.165, 1.54) is 45.2 Å². The van der Waals surface area contributed by atoms with Gasteiger partial charge >= 0.3 is 0 Å². The van der Waals surface area contributed by atoms with Crippen LogP contribution in [0.15, 0.2) is 0 Å². The number of piperidine rings is 1. The maximum atomic E-state index is 4.74. The standard InChI is InChI=1S/C16H27N5/c1-12-14(17-2)19-16(13-6-7-13)20-15(12)18-8-11-21-9-4-3-5-10-21/h13H,3-11H2,1-2H3,(H2,17,18,19,20). The Labute approximate surface area is 127 Å². The van der Waals surface area contributed by atoms with Crippen LogP contribution in [0, 0.1) is 6.92 Å². The van der Waals surface area contributed by atoms with Crippen molar-refractivity contribution in [2.75, 3.05) is 43.9 Å². The zero-order valence-electron chi connectivity index (χ0n) is 13.3. The molecular formula is C16H27N5. The van der Waals surface area contributed by atoms with Crippen molar-refractivity contribution in [3.8, 4) is 0 Å². The highest BCUT2D eigenvalue weighted by molar-refractivity contribution is 5.57. The SMILES string of the molecule is CNc1nc(C2CC2)nc(NCCN2CCCCC2)c1C. The first-order valence-corrected chi connectivity index (χ1v) is 8.30. The first-order chi connectivity index (χ1) is 10.3. The van der Waals surface area contributed by atoms with E-state index in [1.54, 1.807) is 0 Å². The lowest BCUT2D eigenvalue weighted by Crippen LogP contribution is -2.34. The van der Waals surface area contributed by atoms with E-state index in [0.717, 1.165) is 36.1 Å². The van der Waals surface area contributed by atoms with Crippen molar-refractivity contribution in [1.29, 1.82) is 0 Å². The van der Waals surface area contributed by atoms with E-state index in [0.29, 0.717) is 5.92 Å². The smallest absolute Gasteiger partial charge is 0.136 e. The van der Waals surface area contributed by atoms with Gasteiger partial charge in [0, 0.05) is 31.6 Å². The van der Waals surface area contributed by atoms with Gasteiger partial charge in [0.15, 0.2) is 0 Å². The Hall–Kier alpha value is -1.36. The topological polar surface area (TPSA) is 53.1 Å². The minimum Gasteiger partial charge on any atom is -0.373 e. The Bertz CT molecular complexity index is 478. The van der Waals surface area contributed by atoms with Gasteiger partial charge in [0.05, 0.1) is 0 Å². The van der Waals surface area contributed by atoms with Gasteiger partial charge in [-0.1, -0.05) is 6.42 Å². The van der Waals surface area contributed by atoms with Crippen molar-refractivity contribution < 1.29 is 0 Å². The van der Waals surface area contributed by atoms with Crippen LogP contribution >= 0.6 is 0 Å². The van der Waals surface area contributed by atoms with Crippen LogP contribution in [0.5, 0.6) is 0 Å². The minimum absolute atomic E-state index is 0.584. The molecule has 21 heavy (non-hydrogen) atoms. The van der Waals surface area contributed by atoms with Crippen LogP contribution in [-0.4, -0.2) is 48.1 Å². The van der Waals surface area contributed by atoms with Crippen LogP contribution in [0.3, 0.4) is 0 Å². The van der Waals surface area contributed by atoms with Crippen LogP contribution in [-0.2, 0) is 0 Å². The molecule has 5 heteroatoms. The molecule has 1 aromatic rings. The summed E-state index contributed by atoms with van der Waals surface area (Å²) in [4.78, 5) is 11.9. The number of nitrogens with one attached hydrogen (secondary N) is 2. The number of rotatable bonds is 6. The molecule has 0 spiro atoms. The normalized spacial score (nSPS) is 19.5. The molecule has 1 aliphatic carbocycles. The zero-order chi connectivity index (χ0) is 14.7. The number of aromatic nitrogens is 2. The molecule has 5 nitrogen and oxygen atoms in total. The summed E-state index contributed by atoms with van der Waals surface area (Å²) in [5.74, 6) is 3.56. The monoisotopic (exact) mass is 289 g/mol. The first kappa shape index (κ1) is 14.6. The van der Waals surface area contributed by atoms with Crippen LogP contribution in [0.2, 0.25) is 0 Å². The molecule has 0 bridgehead atoms. The van der Waals surface area contributed by atoms with Crippen molar-refractivity contribution in [3.63, 3.8) is 0 Å². The molecule has 0 radical (unpaired) electrons. The summed E-state index contributed by atoms with van der Waals surface area (Å²) in [6.45, 7) is 6.66. The Morgan fingerprint density at radius 3 is 2.48 bits per heavy atom. The van der Waals surface area contributed by atoms with Crippen LogP contribution in [0.1, 0.15) is 49.4 Å². The van der Waals surface area contributed by atoms with Crippen LogP contribution in [0.25, 0.3) is 0 Å². The van der Waals surface area contributed by atoms with Gasteiger partial charge in [0.1, 0.15) is 17.5 Å². The third-order valence-corrected chi connectivity index (χ3v) is 4.51. The molecule has 0 aromatic carbocycles. The molecule has 2 N–H and O–H groups in total. The molecule has 1 aliphatic heterocycles. The summed E-state index contributed by atoms with van der Waals surface area (Å²) in [6, 6.07) is 0. The second-order valence-electron chi connectivity index (χ2n) is 6.26. The van der Waals surface area contributed by atoms with Crippen molar-refractivity contribution >= 4 is 11.6 Å². The molecule has 0 amide bonds. The van der Waals surface area contributed by atoms with E-state index in [1.807, 2.05) is 7.05 Å². The van der Waals surface area contributed by atoms with E-state index >= 15 is 0 Å². The van der Waals surface area contributed by atoms with Gasteiger partial charge in [-0.2, -0.15) is 0 Å². The summed E-state index contributed by atoms with van der Waals surface area (Å²) < 4.78 is 0. The van der Waals surface area contributed by atoms with E-state index in [2.05, 4.69) is 27.4 Å². The number of nitrogens with zero attached hydrogens (tertiary/aromatic N) is 3. The Morgan fingerprint density at radius 2 is 1.81 bits per heavy atom. The quantitative estimate of drug-likeness (QED) is 0.843. The summed E-state index contributed by atoms with van der Waals surface area (Å²) in [5, 5.41) is 6.72. The number of likely N-dealkylation sites (tertiary alicyclic amines) is 1. The maximum Gasteiger partial charge on any atom is 0.136 e. The third-order valence-electron chi connectivity index (χ3n) is 4.51. The fourth-order valence-electron chi connectivity index (χ4n) is 2.99. The number of hydrogen-bond acceptors (Lipinski definition) is 5. The van der Waals surface area contributed by atoms with Gasteiger partial charge in [0.25, 0.3) is 0 Å². The average Bonchev–Trinajstić information content (AvgIpc) is 3.35. The van der Waals surface area contributed by atoms with Gasteiger partial charge in [-0.05, 0) is 45.7 Å². The highest BCUT2D eigenvalue weighted by atomic mass is 15.2. The molecule has 2 heterocycles. The average molecular weight is 289 g/mol. The van der Waals surface area contributed by atoms with Gasteiger partial charge in [-0.3, -0.25) is 0 Å².